The molecule has 0 spiro atoms. The van der Waals surface area contributed by atoms with Crippen LogP contribution in [-0.2, 0) is 0 Å². The first-order chi connectivity index (χ1) is 6.84. The van der Waals surface area contributed by atoms with Crippen LogP contribution in [0.1, 0.15) is 24.8 Å². The summed E-state index contributed by atoms with van der Waals surface area (Å²) in [6, 6.07) is 8.81. The van der Waals surface area contributed by atoms with E-state index >= 15 is 0 Å². The predicted molar refractivity (Wildman–Crippen MR) is 62.5 cm³/mol. The third-order valence-electron chi connectivity index (χ3n) is 2.57. The summed E-state index contributed by atoms with van der Waals surface area (Å²) in [6.45, 7) is 4.63. The molecule has 1 aliphatic rings. The number of piperidine rings is 1. The lowest BCUT2D eigenvalue weighted by Crippen LogP contribution is -2.22. The Hall–Kier alpha value is -0.470. The van der Waals surface area contributed by atoms with Crippen LogP contribution in [0.5, 0.6) is 0 Å². The van der Waals surface area contributed by atoms with Gasteiger partial charge in [0.05, 0.1) is 0 Å². The Morgan fingerprint density at radius 2 is 1.64 bits per heavy atom. The smallest absolute Gasteiger partial charge is 0.0230 e. The number of aryl methyl sites for hydroxylation is 1. The molecule has 1 fully saturated rings. The number of rotatable bonds is 2. The molecule has 1 aromatic carbocycles. The molecule has 2 rings (SSSR count). The van der Waals surface area contributed by atoms with Crippen molar-refractivity contribution >= 4 is 11.9 Å². The Balaban J connectivity index is 1.92. The Morgan fingerprint density at radius 1 is 1.00 bits per heavy atom. The summed E-state index contributed by atoms with van der Waals surface area (Å²) < 4.78 is 2.48. The van der Waals surface area contributed by atoms with Gasteiger partial charge in [-0.1, -0.05) is 24.1 Å². The molecular weight excluding hydrogens is 190 g/mol. The highest BCUT2D eigenvalue weighted by molar-refractivity contribution is 7.97. The fourth-order valence-electron chi connectivity index (χ4n) is 1.70. The molecule has 0 atom stereocenters. The van der Waals surface area contributed by atoms with Gasteiger partial charge in [-0.2, -0.15) is 0 Å². The zero-order valence-electron chi connectivity index (χ0n) is 8.70. The molecule has 2 heteroatoms. The minimum Gasteiger partial charge on any atom is -0.246 e. The van der Waals surface area contributed by atoms with Crippen LogP contribution in [0.25, 0.3) is 0 Å². The van der Waals surface area contributed by atoms with Crippen molar-refractivity contribution in [3.8, 4) is 0 Å². The van der Waals surface area contributed by atoms with Gasteiger partial charge in [-0.3, -0.25) is 0 Å². The van der Waals surface area contributed by atoms with Gasteiger partial charge in [0.2, 0.25) is 0 Å². The molecule has 1 heterocycles. The normalized spacial score (nSPS) is 18.4. The van der Waals surface area contributed by atoms with E-state index < -0.39 is 0 Å². The number of hydrogen-bond donors (Lipinski definition) is 0. The topological polar surface area (TPSA) is 3.24 Å². The SMILES string of the molecule is Cc1ccc(SN2CCCCC2)cc1. The first kappa shape index (κ1) is 10.1. The van der Waals surface area contributed by atoms with Gasteiger partial charge >= 0.3 is 0 Å². The summed E-state index contributed by atoms with van der Waals surface area (Å²) in [7, 11) is 0. The summed E-state index contributed by atoms with van der Waals surface area (Å²) in [5.74, 6) is 0. The molecular formula is C12H17NS. The van der Waals surface area contributed by atoms with E-state index in [1.807, 2.05) is 11.9 Å². The van der Waals surface area contributed by atoms with Crippen molar-refractivity contribution in [2.75, 3.05) is 13.1 Å². The fraction of sp³-hybridized carbons (Fsp3) is 0.500. The van der Waals surface area contributed by atoms with Gasteiger partial charge in [0.15, 0.2) is 0 Å². The van der Waals surface area contributed by atoms with Gasteiger partial charge in [0.25, 0.3) is 0 Å². The van der Waals surface area contributed by atoms with E-state index in [9.17, 15) is 0 Å². The van der Waals surface area contributed by atoms with E-state index in [-0.39, 0.29) is 0 Å². The molecule has 1 saturated heterocycles. The van der Waals surface area contributed by atoms with E-state index in [1.54, 1.807) is 0 Å². The van der Waals surface area contributed by atoms with Gasteiger partial charge < -0.3 is 0 Å². The maximum absolute atomic E-state index is 2.48. The molecule has 0 aromatic heterocycles. The Labute approximate surface area is 90.6 Å². The van der Waals surface area contributed by atoms with Crippen LogP contribution in [0, 0.1) is 6.92 Å². The Bertz CT molecular complexity index is 275. The van der Waals surface area contributed by atoms with Crippen LogP contribution in [0.3, 0.4) is 0 Å². The van der Waals surface area contributed by atoms with Crippen molar-refractivity contribution in [2.24, 2.45) is 0 Å². The van der Waals surface area contributed by atoms with E-state index in [0.717, 1.165) is 0 Å². The molecule has 1 aromatic rings. The van der Waals surface area contributed by atoms with E-state index in [1.165, 1.54) is 42.8 Å². The molecule has 0 radical (unpaired) electrons. The number of benzene rings is 1. The molecule has 1 nitrogen and oxygen atoms in total. The Kier molecular flexibility index (Phi) is 3.49. The second-order valence-electron chi connectivity index (χ2n) is 3.89. The van der Waals surface area contributed by atoms with Gasteiger partial charge in [0.1, 0.15) is 0 Å². The maximum atomic E-state index is 2.48. The number of hydrogen-bond acceptors (Lipinski definition) is 2. The highest BCUT2D eigenvalue weighted by atomic mass is 32.2. The maximum Gasteiger partial charge on any atom is 0.0230 e. The van der Waals surface area contributed by atoms with E-state index in [4.69, 9.17) is 0 Å². The Morgan fingerprint density at radius 3 is 2.29 bits per heavy atom. The third kappa shape index (κ3) is 2.76. The lowest BCUT2D eigenvalue weighted by Gasteiger charge is -2.24. The average Bonchev–Trinajstić information content (AvgIpc) is 2.23. The second-order valence-corrected chi connectivity index (χ2v) is 5.06. The molecule has 0 bridgehead atoms. The third-order valence-corrected chi connectivity index (χ3v) is 3.68. The molecule has 0 aliphatic carbocycles. The summed E-state index contributed by atoms with van der Waals surface area (Å²) in [5, 5.41) is 0. The fourth-order valence-corrected chi connectivity index (χ4v) is 2.70. The average molecular weight is 207 g/mol. The summed E-state index contributed by atoms with van der Waals surface area (Å²) >= 11 is 1.91. The molecule has 76 valence electrons. The monoisotopic (exact) mass is 207 g/mol. The summed E-state index contributed by atoms with van der Waals surface area (Å²) in [5.41, 5.74) is 1.34. The van der Waals surface area contributed by atoms with Crippen molar-refractivity contribution < 1.29 is 0 Å². The van der Waals surface area contributed by atoms with Gasteiger partial charge in [-0.25, -0.2) is 4.31 Å². The molecule has 0 saturated carbocycles. The van der Waals surface area contributed by atoms with Crippen molar-refractivity contribution in [1.82, 2.24) is 4.31 Å². The van der Waals surface area contributed by atoms with E-state index in [0.29, 0.717) is 0 Å². The summed E-state index contributed by atoms with van der Waals surface area (Å²) in [6.07, 6.45) is 4.13. The van der Waals surface area contributed by atoms with Crippen LogP contribution >= 0.6 is 11.9 Å². The second kappa shape index (κ2) is 4.85. The molecule has 0 unspecified atom stereocenters. The largest absolute Gasteiger partial charge is 0.246 e. The predicted octanol–water partition coefficient (Wildman–Crippen LogP) is 3.49. The van der Waals surface area contributed by atoms with Crippen LogP contribution in [0.4, 0.5) is 0 Å². The zero-order valence-corrected chi connectivity index (χ0v) is 9.52. The standard InChI is InChI=1S/C12H17NS/c1-11-5-7-12(8-6-11)14-13-9-3-2-4-10-13/h5-8H,2-4,9-10H2,1H3. The highest BCUT2D eigenvalue weighted by Gasteiger charge is 2.10. The van der Waals surface area contributed by atoms with Crippen molar-refractivity contribution in [3.63, 3.8) is 0 Å². The molecule has 1 aliphatic heterocycles. The highest BCUT2D eigenvalue weighted by Crippen LogP contribution is 2.25. The van der Waals surface area contributed by atoms with Crippen molar-refractivity contribution in [2.45, 2.75) is 31.1 Å². The van der Waals surface area contributed by atoms with Crippen LogP contribution in [0.2, 0.25) is 0 Å². The minimum atomic E-state index is 1.25. The van der Waals surface area contributed by atoms with Crippen molar-refractivity contribution in [3.05, 3.63) is 29.8 Å². The summed E-state index contributed by atoms with van der Waals surface area (Å²) in [4.78, 5) is 1.37. The quantitative estimate of drug-likeness (QED) is 0.683. The van der Waals surface area contributed by atoms with Crippen LogP contribution in [-0.4, -0.2) is 17.4 Å². The first-order valence-electron chi connectivity index (χ1n) is 5.34. The molecule has 0 N–H and O–H groups in total. The van der Waals surface area contributed by atoms with Crippen LogP contribution < -0.4 is 0 Å². The van der Waals surface area contributed by atoms with Gasteiger partial charge in [-0.15, -0.1) is 0 Å². The molecule has 0 amide bonds. The lowest BCUT2D eigenvalue weighted by molar-refractivity contribution is 0.380. The van der Waals surface area contributed by atoms with Gasteiger partial charge in [0, 0.05) is 18.0 Å². The van der Waals surface area contributed by atoms with Crippen LogP contribution in [0.15, 0.2) is 29.2 Å². The number of nitrogens with zero attached hydrogens (tertiary/aromatic N) is 1. The minimum absolute atomic E-state index is 1.25. The lowest BCUT2D eigenvalue weighted by atomic mass is 10.2. The molecule has 14 heavy (non-hydrogen) atoms. The van der Waals surface area contributed by atoms with Gasteiger partial charge in [-0.05, 0) is 43.8 Å². The van der Waals surface area contributed by atoms with Crippen molar-refractivity contribution in [1.29, 1.82) is 0 Å². The zero-order chi connectivity index (χ0) is 9.80. The van der Waals surface area contributed by atoms with E-state index in [2.05, 4.69) is 35.5 Å². The first-order valence-corrected chi connectivity index (χ1v) is 6.11.